The van der Waals surface area contributed by atoms with Crippen LogP contribution in [0.4, 0.5) is 0 Å². The number of hydrogen-bond acceptors (Lipinski definition) is 6. The lowest BCUT2D eigenvalue weighted by molar-refractivity contribution is -0.146. The Morgan fingerprint density at radius 3 is 0.875 bits per heavy atom. The molecule has 3 fully saturated rings. The summed E-state index contributed by atoms with van der Waals surface area (Å²) in [6.07, 6.45) is 6.73. The number of hydrogen-bond donors (Lipinski definition) is 6. The zero-order chi connectivity index (χ0) is 18.6. The summed E-state index contributed by atoms with van der Waals surface area (Å²) < 4.78 is 0. The molecular formula is C15H27N3O6. The Labute approximate surface area is 140 Å². The topological polar surface area (TPSA) is 190 Å². The fraction of sp³-hybridized carbons (Fsp3) is 0.800. The Hall–Kier alpha value is -1.71. The van der Waals surface area contributed by atoms with Gasteiger partial charge in [0.25, 0.3) is 0 Å². The molecule has 0 saturated heterocycles. The predicted molar refractivity (Wildman–Crippen MR) is 85.2 cm³/mol. The lowest BCUT2D eigenvalue weighted by Gasteiger charge is -2.32. The van der Waals surface area contributed by atoms with Gasteiger partial charge < -0.3 is 32.5 Å². The highest BCUT2D eigenvalue weighted by Crippen LogP contribution is 2.31. The predicted octanol–water partition coefficient (Wildman–Crippen LogP) is -0.143. The highest BCUT2D eigenvalue weighted by atomic mass is 16.4. The monoisotopic (exact) mass is 345 g/mol. The molecule has 138 valence electrons. The van der Waals surface area contributed by atoms with Crippen LogP contribution in [0.15, 0.2) is 0 Å². The SMILES string of the molecule is NC1(C(=O)O)CC1.NC1(C(=O)O)CCC1.NC1(C(=O)O)CCCC1. The third-order valence-electron chi connectivity index (χ3n) is 4.81. The molecule has 0 heterocycles. The highest BCUT2D eigenvalue weighted by molar-refractivity contribution is 5.81. The van der Waals surface area contributed by atoms with Crippen molar-refractivity contribution in [3.05, 3.63) is 0 Å². The van der Waals surface area contributed by atoms with E-state index in [4.69, 9.17) is 32.5 Å². The third-order valence-corrected chi connectivity index (χ3v) is 4.81. The van der Waals surface area contributed by atoms with E-state index < -0.39 is 34.5 Å². The van der Waals surface area contributed by atoms with Gasteiger partial charge in [0.2, 0.25) is 0 Å². The third kappa shape index (κ3) is 5.15. The van der Waals surface area contributed by atoms with E-state index in [0.29, 0.717) is 38.5 Å². The molecule has 3 saturated carbocycles. The molecule has 9 N–H and O–H groups in total. The van der Waals surface area contributed by atoms with E-state index in [2.05, 4.69) is 0 Å². The maximum absolute atomic E-state index is 10.4. The molecule has 0 bridgehead atoms. The maximum Gasteiger partial charge on any atom is 0.323 e. The molecular weight excluding hydrogens is 318 g/mol. The molecule has 0 aromatic heterocycles. The molecule has 0 amide bonds. The molecule has 9 heteroatoms. The smallest absolute Gasteiger partial charge is 0.323 e. The van der Waals surface area contributed by atoms with Crippen molar-refractivity contribution in [1.82, 2.24) is 0 Å². The van der Waals surface area contributed by atoms with Crippen LogP contribution in [0.25, 0.3) is 0 Å². The van der Waals surface area contributed by atoms with Gasteiger partial charge in [-0.15, -0.1) is 0 Å². The summed E-state index contributed by atoms with van der Waals surface area (Å²) in [5, 5.41) is 25.1. The molecule has 0 aromatic rings. The van der Waals surface area contributed by atoms with E-state index in [1.807, 2.05) is 0 Å². The molecule has 0 aliphatic heterocycles. The van der Waals surface area contributed by atoms with E-state index in [9.17, 15) is 14.4 Å². The second-order valence-corrected chi connectivity index (χ2v) is 6.94. The van der Waals surface area contributed by atoms with Crippen molar-refractivity contribution in [3.63, 3.8) is 0 Å². The van der Waals surface area contributed by atoms with Gasteiger partial charge in [-0.2, -0.15) is 0 Å². The van der Waals surface area contributed by atoms with Crippen LogP contribution in [-0.4, -0.2) is 49.8 Å². The minimum atomic E-state index is -0.889. The summed E-state index contributed by atoms with van der Waals surface area (Å²) in [4.78, 5) is 30.5. The summed E-state index contributed by atoms with van der Waals surface area (Å²) in [5.74, 6) is -2.57. The highest BCUT2D eigenvalue weighted by Gasteiger charge is 2.46. The minimum Gasteiger partial charge on any atom is -0.480 e. The van der Waals surface area contributed by atoms with E-state index in [1.165, 1.54) is 0 Å². The van der Waals surface area contributed by atoms with Gasteiger partial charge in [0.05, 0.1) is 0 Å². The summed E-state index contributed by atoms with van der Waals surface area (Å²) in [6.45, 7) is 0. The van der Waals surface area contributed by atoms with Crippen LogP contribution in [0.5, 0.6) is 0 Å². The summed E-state index contributed by atoms with van der Waals surface area (Å²) in [7, 11) is 0. The molecule has 0 unspecified atom stereocenters. The average Bonchev–Trinajstić information content (AvgIpc) is 3.06. The molecule has 0 spiro atoms. The first-order valence-corrected chi connectivity index (χ1v) is 8.02. The number of nitrogens with two attached hydrogens (primary N) is 3. The Morgan fingerprint density at radius 1 is 0.542 bits per heavy atom. The summed E-state index contributed by atoms with van der Waals surface area (Å²) in [5.41, 5.74) is 13.5. The number of carboxylic acids is 3. The van der Waals surface area contributed by atoms with Crippen LogP contribution in [0.2, 0.25) is 0 Å². The second-order valence-electron chi connectivity index (χ2n) is 6.94. The van der Waals surface area contributed by atoms with Gasteiger partial charge in [-0.25, -0.2) is 0 Å². The van der Waals surface area contributed by atoms with Crippen LogP contribution in [0.3, 0.4) is 0 Å². The van der Waals surface area contributed by atoms with Crippen LogP contribution >= 0.6 is 0 Å². The minimum absolute atomic E-state index is 0.641. The van der Waals surface area contributed by atoms with Gasteiger partial charge in [-0.05, 0) is 44.9 Å². The van der Waals surface area contributed by atoms with Gasteiger partial charge in [-0.3, -0.25) is 14.4 Å². The largest absolute Gasteiger partial charge is 0.480 e. The van der Waals surface area contributed by atoms with Crippen LogP contribution in [0, 0.1) is 0 Å². The first-order chi connectivity index (χ1) is 11.0. The molecule has 9 nitrogen and oxygen atoms in total. The van der Waals surface area contributed by atoms with Gasteiger partial charge >= 0.3 is 17.9 Å². The van der Waals surface area contributed by atoms with Crippen molar-refractivity contribution in [2.75, 3.05) is 0 Å². The standard InChI is InChI=1S/C6H11NO2.C5H9NO2.C4H7NO2/c7-6(5(8)9)3-1-2-4-6;6-5(4(7)8)2-1-3-5;5-4(1-2-4)3(6)7/h1-4,7H2,(H,8,9);1-3,6H2,(H,7,8);1-2,5H2,(H,6,7). The number of rotatable bonds is 3. The molecule has 0 atom stereocenters. The quantitative estimate of drug-likeness (QED) is 0.404. The first-order valence-electron chi connectivity index (χ1n) is 8.02. The Bertz CT molecular complexity index is 493. The summed E-state index contributed by atoms with van der Waals surface area (Å²) in [6, 6.07) is 0. The Balaban J connectivity index is 0.000000181. The van der Waals surface area contributed by atoms with Crippen LogP contribution in [-0.2, 0) is 14.4 Å². The maximum atomic E-state index is 10.4. The van der Waals surface area contributed by atoms with Crippen molar-refractivity contribution in [2.24, 2.45) is 17.2 Å². The van der Waals surface area contributed by atoms with E-state index >= 15 is 0 Å². The van der Waals surface area contributed by atoms with Crippen molar-refractivity contribution in [1.29, 1.82) is 0 Å². The van der Waals surface area contributed by atoms with Crippen molar-refractivity contribution in [2.45, 2.75) is 74.4 Å². The zero-order valence-electron chi connectivity index (χ0n) is 13.7. The Morgan fingerprint density at radius 2 is 0.792 bits per heavy atom. The number of carbonyl (C=O) groups is 3. The van der Waals surface area contributed by atoms with Gasteiger partial charge in [0.1, 0.15) is 16.6 Å². The number of carboxylic acid groups (broad SMARTS) is 3. The van der Waals surface area contributed by atoms with Crippen LogP contribution in [0.1, 0.15) is 57.8 Å². The van der Waals surface area contributed by atoms with E-state index in [0.717, 1.165) is 19.3 Å². The molecule has 0 radical (unpaired) electrons. The lowest BCUT2D eigenvalue weighted by atomic mass is 9.78. The van der Waals surface area contributed by atoms with Gasteiger partial charge in [0, 0.05) is 0 Å². The molecule has 3 aliphatic rings. The van der Waals surface area contributed by atoms with Crippen molar-refractivity contribution in [3.8, 4) is 0 Å². The Kier molecular flexibility index (Phi) is 6.32. The van der Waals surface area contributed by atoms with Gasteiger partial charge in [-0.1, -0.05) is 12.8 Å². The summed E-state index contributed by atoms with van der Waals surface area (Å²) >= 11 is 0. The zero-order valence-corrected chi connectivity index (χ0v) is 13.7. The molecule has 3 rings (SSSR count). The molecule has 24 heavy (non-hydrogen) atoms. The van der Waals surface area contributed by atoms with Crippen LogP contribution < -0.4 is 17.2 Å². The number of aliphatic carboxylic acids is 3. The van der Waals surface area contributed by atoms with Gasteiger partial charge in [0.15, 0.2) is 0 Å². The normalized spacial score (nSPS) is 24.1. The average molecular weight is 345 g/mol. The van der Waals surface area contributed by atoms with Crippen molar-refractivity contribution < 1.29 is 29.7 Å². The fourth-order valence-corrected chi connectivity index (χ4v) is 2.34. The molecule has 3 aliphatic carbocycles. The first kappa shape index (κ1) is 20.3. The van der Waals surface area contributed by atoms with E-state index in [1.54, 1.807) is 0 Å². The second kappa shape index (κ2) is 7.45. The lowest BCUT2D eigenvalue weighted by Crippen LogP contribution is -2.53. The van der Waals surface area contributed by atoms with Crippen molar-refractivity contribution >= 4 is 17.9 Å². The molecule has 0 aromatic carbocycles. The fourth-order valence-electron chi connectivity index (χ4n) is 2.34. The van der Waals surface area contributed by atoms with E-state index in [-0.39, 0.29) is 0 Å².